The molecule has 1 aliphatic rings. The molecule has 0 radical (unpaired) electrons. The van der Waals surface area contributed by atoms with Crippen LogP contribution in [0.3, 0.4) is 0 Å². The van der Waals surface area contributed by atoms with Crippen molar-refractivity contribution in [2.24, 2.45) is 5.73 Å². The summed E-state index contributed by atoms with van der Waals surface area (Å²) in [5, 5.41) is 17.0. The standard InChI is InChI=1S/C20H16N4O/c1-12-7-9-13(10-8-12)16-15(11-21)19(22)25-20-17(16)18(23-24-20)14-5-3-2-4-6-14/h2-10,16H,22H2,1H3,(H,23,24). The molecule has 1 atom stereocenters. The summed E-state index contributed by atoms with van der Waals surface area (Å²) >= 11 is 0. The normalized spacial score (nSPS) is 16.1. The molecule has 3 N–H and O–H groups in total. The van der Waals surface area contributed by atoms with Gasteiger partial charge in [0, 0.05) is 0 Å². The van der Waals surface area contributed by atoms with Crippen LogP contribution < -0.4 is 10.5 Å². The first-order valence-corrected chi connectivity index (χ1v) is 7.97. The molecule has 1 unspecified atom stereocenters. The number of ether oxygens (including phenoxy) is 1. The molecule has 5 nitrogen and oxygen atoms in total. The third-order valence-electron chi connectivity index (χ3n) is 4.41. The minimum Gasteiger partial charge on any atom is -0.420 e. The fourth-order valence-corrected chi connectivity index (χ4v) is 3.16. The Kier molecular flexibility index (Phi) is 3.51. The van der Waals surface area contributed by atoms with Gasteiger partial charge in [0.05, 0.1) is 17.2 Å². The molecular weight excluding hydrogens is 312 g/mol. The minimum atomic E-state index is -0.316. The van der Waals surface area contributed by atoms with Crippen LogP contribution >= 0.6 is 0 Å². The highest BCUT2D eigenvalue weighted by Crippen LogP contribution is 2.45. The lowest BCUT2D eigenvalue weighted by atomic mass is 9.83. The van der Waals surface area contributed by atoms with Gasteiger partial charge in [-0.2, -0.15) is 5.26 Å². The number of nitrogens with one attached hydrogen (secondary N) is 1. The van der Waals surface area contributed by atoms with Crippen LogP contribution in [-0.4, -0.2) is 10.2 Å². The second kappa shape index (κ2) is 5.84. The van der Waals surface area contributed by atoms with E-state index in [1.165, 1.54) is 0 Å². The average Bonchev–Trinajstić information content (AvgIpc) is 3.05. The lowest BCUT2D eigenvalue weighted by Gasteiger charge is -2.24. The lowest BCUT2D eigenvalue weighted by Crippen LogP contribution is -2.20. The van der Waals surface area contributed by atoms with Gasteiger partial charge in [-0.15, -0.1) is 5.10 Å². The molecule has 122 valence electrons. The van der Waals surface area contributed by atoms with E-state index in [-0.39, 0.29) is 11.8 Å². The van der Waals surface area contributed by atoms with E-state index in [4.69, 9.17) is 10.5 Å². The molecule has 1 aromatic heterocycles. The van der Waals surface area contributed by atoms with Crippen LogP contribution in [0, 0.1) is 18.3 Å². The number of H-pyrrole nitrogens is 1. The van der Waals surface area contributed by atoms with E-state index >= 15 is 0 Å². The Balaban J connectivity index is 1.95. The van der Waals surface area contributed by atoms with Gasteiger partial charge in [0.25, 0.3) is 0 Å². The first-order valence-electron chi connectivity index (χ1n) is 7.97. The molecule has 5 heteroatoms. The number of aromatic amines is 1. The first-order chi connectivity index (χ1) is 12.2. The Hall–Kier alpha value is -3.52. The molecule has 3 aromatic rings. The highest BCUT2D eigenvalue weighted by molar-refractivity contribution is 5.70. The molecule has 4 rings (SSSR count). The summed E-state index contributed by atoms with van der Waals surface area (Å²) in [4.78, 5) is 0. The maximum Gasteiger partial charge on any atom is 0.244 e. The number of fused-ring (bicyclic) bond motifs is 1. The fourth-order valence-electron chi connectivity index (χ4n) is 3.16. The van der Waals surface area contributed by atoms with Gasteiger partial charge in [-0.3, -0.25) is 5.10 Å². The zero-order valence-electron chi connectivity index (χ0n) is 13.7. The summed E-state index contributed by atoms with van der Waals surface area (Å²) in [5.74, 6) is 0.205. The van der Waals surface area contributed by atoms with E-state index in [1.807, 2.05) is 61.5 Å². The number of hydrogen-bond donors (Lipinski definition) is 2. The quantitative estimate of drug-likeness (QED) is 0.752. The summed E-state index contributed by atoms with van der Waals surface area (Å²) in [7, 11) is 0. The monoisotopic (exact) mass is 328 g/mol. The molecule has 2 heterocycles. The smallest absolute Gasteiger partial charge is 0.244 e. The summed E-state index contributed by atoms with van der Waals surface area (Å²) in [6.07, 6.45) is 0. The molecule has 0 bridgehead atoms. The van der Waals surface area contributed by atoms with E-state index in [2.05, 4.69) is 16.3 Å². The molecule has 0 amide bonds. The van der Waals surface area contributed by atoms with Gasteiger partial charge in [-0.1, -0.05) is 60.2 Å². The van der Waals surface area contributed by atoms with Crippen molar-refractivity contribution in [3.05, 3.63) is 82.7 Å². The Bertz CT molecular complexity index is 994. The third kappa shape index (κ3) is 2.45. The highest BCUT2D eigenvalue weighted by Gasteiger charge is 2.35. The van der Waals surface area contributed by atoms with Crippen molar-refractivity contribution in [2.75, 3.05) is 0 Å². The number of aryl methyl sites for hydroxylation is 1. The molecule has 0 saturated carbocycles. The number of hydrogen-bond acceptors (Lipinski definition) is 4. The molecular formula is C20H16N4O. The van der Waals surface area contributed by atoms with E-state index in [0.717, 1.165) is 27.9 Å². The molecule has 0 spiro atoms. The van der Waals surface area contributed by atoms with Gasteiger partial charge in [0.1, 0.15) is 11.6 Å². The summed E-state index contributed by atoms with van der Waals surface area (Å²) in [6.45, 7) is 2.03. The summed E-state index contributed by atoms with van der Waals surface area (Å²) < 4.78 is 5.61. The van der Waals surface area contributed by atoms with E-state index in [1.54, 1.807) is 0 Å². The third-order valence-corrected chi connectivity index (χ3v) is 4.41. The zero-order chi connectivity index (χ0) is 17.4. The van der Waals surface area contributed by atoms with Crippen LogP contribution in [0.25, 0.3) is 11.3 Å². The van der Waals surface area contributed by atoms with Gasteiger partial charge < -0.3 is 10.5 Å². The molecule has 25 heavy (non-hydrogen) atoms. The van der Waals surface area contributed by atoms with E-state index < -0.39 is 0 Å². The lowest BCUT2D eigenvalue weighted by molar-refractivity contribution is 0.379. The van der Waals surface area contributed by atoms with Gasteiger partial charge >= 0.3 is 0 Å². The Morgan fingerprint density at radius 2 is 1.84 bits per heavy atom. The zero-order valence-corrected chi connectivity index (χ0v) is 13.7. The van der Waals surface area contributed by atoms with Crippen molar-refractivity contribution in [3.8, 4) is 23.2 Å². The Morgan fingerprint density at radius 3 is 2.52 bits per heavy atom. The molecule has 1 aliphatic heterocycles. The number of aromatic nitrogens is 2. The second-order valence-corrected chi connectivity index (χ2v) is 6.02. The average molecular weight is 328 g/mol. The van der Waals surface area contributed by atoms with Crippen molar-refractivity contribution in [1.82, 2.24) is 10.2 Å². The van der Waals surface area contributed by atoms with Gasteiger partial charge in [-0.05, 0) is 18.1 Å². The van der Waals surface area contributed by atoms with Crippen LogP contribution in [0.15, 0.2) is 66.1 Å². The second-order valence-electron chi connectivity index (χ2n) is 6.02. The largest absolute Gasteiger partial charge is 0.420 e. The Morgan fingerprint density at radius 1 is 1.12 bits per heavy atom. The van der Waals surface area contributed by atoms with Gasteiger partial charge in [0.2, 0.25) is 11.8 Å². The van der Waals surface area contributed by atoms with Crippen molar-refractivity contribution in [3.63, 3.8) is 0 Å². The molecule has 0 saturated heterocycles. The van der Waals surface area contributed by atoms with Crippen LogP contribution in [-0.2, 0) is 0 Å². The fraction of sp³-hybridized carbons (Fsp3) is 0.100. The van der Waals surface area contributed by atoms with E-state index in [0.29, 0.717) is 11.5 Å². The topological polar surface area (TPSA) is 87.7 Å². The predicted molar refractivity (Wildman–Crippen MR) is 94.5 cm³/mol. The predicted octanol–water partition coefficient (Wildman–Crippen LogP) is 3.60. The molecule has 2 aromatic carbocycles. The SMILES string of the molecule is Cc1ccc(C2C(C#N)=C(N)Oc3n[nH]c(-c4ccccc4)c32)cc1. The van der Waals surface area contributed by atoms with Crippen LogP contribution in [0.4, 0.5) is 0 Å². The van der Waals surface area contributed by atoms with Crippen molar-refractivity contribution >= 4 is 0 Å². The maximum atomic E-state index is 9.67. The number of nitrogens with two attached hydrogens (primary N) is 1. The van der Waals surface area contributed by atoms with Crippen LogP contribution in [0.1, 0.15) is 22.6 Å². The number of nitriles is 1. The van der Waals surface area contributed by atoms with Gasteiger partial charge in [-0.25, -0.2) is 0 Å². The van der Waals surface area contributed by atoms with Gasteiger partial charge in [0.15, 0.2) is 0 Å². The number of rotatable bonds is 2. The van der Waals surface area contributed by atoms with Crippen LogP contribution in [0.5, 0.6) is 5.88 Å². The van der Waals surface area contributed by atoms with Crippen molar-refractivity contribution in [1.29, 1.82) is 5.26 Å². The molecule has 0 fully saturated rings. The first kappa shape index (κ1) is 15.0. The summed E-state index contributed by atoms with van der Waals surface area (Å²) in [5.41, 5.74) is 11.2. The van der Waals surface area contributed by atoms with E-state index in [9.17, 15) is 5.26 Å². The summed E-state index contributed by atoms with van der Waals surface area (Å²) in [6, 6.07) is 20.2. The minimum absolute atomic E-state index is 0.103. The number of nitrogens with zero attached hydrogens (tertiary/aromatic N) is 2. The number of benzene rings is 2. The van der Waals surface area contributed by atoms with Crippen LogP contribution in [0.2, 0.25) is 0 Å². The number of allylic oxidation sites excluding steroid dienone is 1. The van der Waals surface area contributed by atoms with Crippen molar-refractivity contribution in [2.45, 2.75) is 12.8 Å². The molecule has 0 aliphatic carbocycles. The van der Waals surface area contributed by atoms with Crippen molar-refractivity contribution < 1.29 is 4.74 Å². The maximum absolute atomic E-state index is 9.67. The Labute approximate surface area is 145 Å². The highest BCUT2D eigenvalue weighted by atomic mass is 16.5.